The van der Waals surface area contributed by atoms with Crippen LogP contribution >= 0.6 is 11.6 Å². The summed E-state index contributed by atoms with van der Waals surface area (Å²) in [5, 5.41) is 22.9. The molecule has 1 aliphatic heterocycles. The molecule has 1 aliphatic rings. The van der Waals surface area contributed by atoms with Crippen molar-refractivity contribution in [3.63, 3.8) is 0 Å². The lowest BCUT2D eigenvalue weighted by Crippen LogP contribution is -2.37. The lowest BCUT2D eigenvalue weighted by Gasteiger charge is -2.28. The molecule has 5 nitrogen and oxygen atoms in total. The van der Waals surface area contributed by atoms with E-state index < -0.39 is 0 Å². The van der Waals surface area contributed by atoms with Crippen LogP contribution in [0.15, 0.2) is 89.0 Å². The molecule has 0 amide bonds. The van der Waals surface area contributed by atoms with Crippen LogP contribution in [0.1, 0.15) is 6.92 Å². The van der Waals surface area contributed by atoms with Crippen molar-refractivity contribution in [3.8, 4) is 0 Å². The molecular formula is C18H17ClN4O. The molecule has 2 aromatic carbocycles. The van der Waals surface area contributed by atoms with Gasteiger partial charge in [0.2, 0.25) is 5.88 Å². The quantitative estimate of drug-likeness (QED) is 0.756. The molecule has 122 valence electrons. The van der Waals surface area contributed by atoms with Gasteiger partial charge in [0.25, 0.3) is 0 Å². The van der Waals surface area contributed by atoms with E-state index in [1.807, 2.05) is 49.4 Å². The second-order valence-corrected chi connectivity index (χ2v) is 5.73. The van der Waals surface area contributed by atoms with Gasteiger partial charge in [-0.1, -0.05) is 42.5 Å². The van der Waals surface area contributed by atoms with Crippen LogP contribution in [0.25, 0.3) is 0 Å². The van der Waals surface area contributed by atoms with Gasteiger partial charge in [-0.3, -0.25) is 0 Å². The summed E-state index contributed by atoms with van der Waals surface area (Å²) in [6.45, 7) is 5.70. The van der Waals surface area contributed by atoms with Gasteiger partial charge in [-0.05, 0) is 48.5 Å². The number of hydrogen-bond acceptors (Lipinski definition) is 4. The van der Waals surface area contributed by atoms with Gasteiger partial charge in [0.15, 0.2) is 0 Å². The zero-order valence-corrected chi connectivity index (χ0v) is 13.9. The van der Waals surface area contributed by atoms with E-state index in [4.69, 9.17) is 11.6 Å². The van der Waals surface area contributed by atoms with Crippen LogP contribution in [0.4, 0.5) is 11.4 Å². The minimum Gasteiger partial charge on any atom is -0.493 e. The monoisotopic (exact) mass is 340 g/mol. The zero-order valence-electron chi connectivity index (χ0n) is 13.2. The number of halogens is 1. The molecule has 0 fully saturated rings. The third kappa shape index (κ3) is 2.98. The maximum absolute atomic E-state index is 10.6. The Labute approximate surface area is 145 Å². The SMILES string of the molecule is C=CC1=C(O)N(c2ccc(Cl)cc2)N(N=Nc2ccccc2)C1C. The fourth-order valence-corrected chi connectivity index (χ4v) is 2.62. The Morgan fingerprint density at radius 3 is 2.42 bits per heavy atom. The van der Waals surface area contributed by atoms with Gasteiger partial charge in [-0.15, -0.1) is 5.11 Å². The molecule has 0 aromatic heterocycles. The van der Waals surface area contributed by atoms with Crippen molar-refractivity contribution in [2.75, 3.05) is 5.01 Å². The average Bonchev–Trinajstić information content (AvgIpc) is 2.84. The van der Waals surface area contributed by atoms with Crippen LogP contribution in [0.2, 0.25) is 5.02 Å². The molecule has 1 N–H and O–H groups in total. The summed E-state index contributed by atoms with van der Waals surface area (Å²) in [6, 6.07) is 16.3. The first-order valence-corrected chi connectivity index (χ1v) is 7.86. The molecule has 24 heavy (non-hydrogen) atoms. The van der Waals surface area contributed by atoms with Gasteiger partial charge in [0, 0.05) is 10.6 Å². The Morgan fingerprint density at radius 2 is 1.79 bits per heavy atom. The van der Waals surface area contributed by atoms with Crippen LogP contribution in [-0.4, -0.2) is 16.3 Å². The molecule has 0 radical (unpaired) electrons. The second-order valence-electron chi connectivity index (χ2n) is 5.29. The normalized spacial score (nSPS) is 17.8. The molecule has 1 unspecified atom stereocenters. The number of rotatable bonds is 4. The fraction of sp³-hybridized carbons (Fsp3) is 0.111. The van der Waals surface area contributed by atoms with Gasteiger partial charge < -0.3 is 5.11 Å². The Kier molecular flexibility index (Phi) is 4.53. The van der Waals surface area contributed by atoms with E-state index in [0.29, 0.717) is 10.6 Å². The highest BCUT2D eigenvalue weighted by Crippen LogP contribution is 2.34. The fourth-order valence-electron chi connectivity index (χ4n) is 2.50. The van der Waals surface area contributed by atoms with Gasteiger partial charge >= 0.3 is 0 Å². The van der Waals surface area contributed by atoms with E-state index >= 15 is 0 Å². The highest BCUT2D eigenvalue weighted by Gasteiger charge is 2.36. The molecule has 0 spiro atoms. The number of aliphatic hydroxyl groups excluding tert-OH is 1. The Bertz CT molecular complexity index is 786. The number of benzene rings is 2. The maximum atomic E-state index is 10.6. The number of hydrazine groups is 1. The third-order valence-corrected chi connectivity index (χ3v) is 4.01. The summed E-state index contributed by atoms with van der Waals surface area (Å²) >= 11 is 5.95. The highest BCUT2D eigenvalue weighted by atomic mass is 35.5. The van der Waals surface area contributed by atoms with Crippen LogP contribution < -0.4 is 5.01 Å². The van der Waals surface area contributed by atoms with Crippen molar-refractivity contribution in [1.29, 1.82) is 0 Å². The molecule has 0 aliphatic carbocycles. The average molecular weight is 341 g/mol. The standard InChI is InChI=1S/C18H17ClN4O/c1-3-17-13(2)23(21-20-15-7-5-4-6-8-15)22(18(17)24)16-11-9-14(19)10-12-16/h3-13,24H,1H2,2H3. The number of hydrogen-bond donors (Lipinski definition) is 1. The van der Waals surface area contributed by atoms with Crippen LogP contribution in [-0.2, 0) is 0 Å². The Hall–Kier alpha value is -2.79. The Balaban J connectivity index is 1.97. The van der Waals surface area contributed by atoms with Crippen molar-refractivity contribution >= 4 is 23.0 Å². The summed E-state index contributed by atoms with van der Waals surface area (Å²) < 4.78 is 0. The predicted molar refractivity (Wildman–Crippen MR) is 96.0 cm³/mol. The molecule has 1 atom stereocenters. The van der Waals surface area contributed by atoms with Gasteiger partial charge in [-0.25, -0.2) is 5.01 Å². The number of anilines is 1. The van der Waals surface area contributed by atoms with Crippen molar-refractivity contribution in [2.24, 2.45) is 10.3 Å². The molecular weight excluding hydrogens is 324 g/mol. The summed E-state index contributed by atoms with van der Waals surface area (Å²) in [4.78, 5) is 0. The summed E-state index contributed by atoms with van der Waals surface area (Å²) in [7, 11) is 0. The minimum atomic E-state index is -0.203. The maximum Gasteiger partial charge on any atom is 0.217 e. The number of nitrogens with zero attached hydrogens (tertiary/aromatic N) is 4. The third-order valence-electron chi connectivity index (χ3n) is 3.76. The minimum absolute atomic E-state index is 0.0758. The van der Waals surface area contributed by atoms with E-state index in [0.717, 1.165) is 11.4 Å². The first-order valence-electron chi connectivity index (χ1n) is 7.49. The zero-order chi connectivity index (χ0) is 17.1. The number of aliphatic hydroxyl groups is 1. The van der Waals surface area contributed by atoms with Crippen LogP contribution in [0.3, 0.4) is 0 Å². The Morgan fingerprint density at radius 1 is 1.12 bits per heavy atom. The van der Waals surface area contributed by atoms with Crippen molar-refractivity contribution in [1.82, 2.24) is 5.12 Å². The largest absolute Gasteiger partial charge is 0.493 e. The molecule has 0 saturated heterocycles. The van der Waals surface area contributed by atoms with Gasteiger partial charge in [0.1, 0.15) is 0 Å². The first kappa shape index (κ1) is 16.1. The van der Waals surface area contributed by atoms with Gasteiger partial charge in [-0.2, -0.15) is 5.12 Å². The van der Waals surface area contributed by atoms with Gasteiger partial charge in [0.05, 0.1) is 17.4 Å². The second kappa shape index (κ2) is 6.76. The van der Waals surface area contributed by atoms with Crippen LogP contribution in [0.5, 0.6) is 0 Å². The molecule has 0 bridgehead atoms. The molecule has 2 aromatic rings. The first-order chi connectivity index (χ1) is 11.6. The smallest absolute Gasteiger partial charge is 0.217 e. The van der Waals surface area contributed by atoms with E-state index in [9.17, 15) is 5.11 Å². The molecule has 6 heteroatoms. The van der Waals surface area contributed by atoms with E-state index in [2.05, 4.69) is 16.9 Å². The van der Waals surface area contributed by atoms with Crippen molar-refractivity contribution in [3.05, 3.63) is 83.7 Å². The molecule has 1 heterocycles. The van der Waals surface area contributed by atoms with Crippen LogP contribution in [0, 0.1) is 0 Å². The molecule has 0 saturated carbocycles. The topological polar surface area (TPSA) is 51.4 Å². The summed E-state index contributed by atoms with van der Waals surface area (Å²) in [5.74, 6) is 0.0758. The highest BCUT2D eigenvalue weighted by molar-refractivity contribution is 6.30. The lowest BCUT2D eigenvalue weighted by atomic mass is 10.1. The predicted octanol–water partition coefficient (Wildman–Crippen LogP) is 5.42. The van der Waals surface area contributed by atoms with Crippen molar-refractivity contribution < 1.29 is 5.11 Å². The summed E-state index contributed by atoms with van der Waals surface area (Å²) in [6.07, 6.45) is 1.63. The van der Waals surface area contributed by atoms with E-state index in [-0.39, 0.29) is 11.9 Å². The van der Waals surface area contributed by atoms with Crippen molar-refractivity contribution in [2.45, 2.75) is 13.0 Å². The lowest BCUT2D eigenvalue weighted by molar-refractivity contribution is 0.224. The van der Waals surface area contributed by atoms with E-state index in [1.165, 1.54) is 0 Å². The van der Waals surface area contributed by atoms with E-state index in [1.54, 1.807) is 28.3 Å². The summed E-state index contributed by atoms with van der Waals surface area (Å²) in [5.41, 5.74) is 2.14. The molecule has 3 rings (SSSR count).